The zero-order valence-electron chi connectivity index (χ0n) is 2.40. The van der Waals surface area contributed by atoms with Gasteiger partial charge in [0.25, 0.3) is 0 Å². The first-order valence-electron chi connectivity index (χ1n) is 0.236. The summed E-state index contributed by atoms with van der Waals surface area (Å²) in [7, 11) is 3.25. The fourth-order valence-electron chi connectivity index (χ4n) is 0. The first-order chi connectivity index (χ1) is 1.00. The van der Waals surface area contributed by atoms with Gasteiger partial charge in [0.1, 0.15) is 0 Å². The summed E-state index contributed by atoms with van der Waals surface area (Å²) >= 11 is 0. The molecule has 1 nitrogen and oxygen atoms in total. The second kappa shape index (κ2) is 46.6. The van der Waals surface area contributed by atoms with Crippen LogP contribution < -0.4 is 0 Å². The van der Waals surface area contributed by atoms with E-state index in [0.29, 0.717) is 0 Å². The van der Waals surface area contributed by atoms with Gasteiger partial charge < -0.3 is 0 Å². The zero-order chi connectivity index (χ0) is 2.00. The molecule has 0 heterocycles. The summed E-state index contributed by atoms with van der Waals surface area (Å²) < 4.78 is 7.75. The summed E-state index contributed by atoms with van der Waals surface area (Å²) in [6.45, 7) is 0. The molecule has 0 N–H and O–H groups in total. The minimum Gasteiger partial charge on any atom is -0.0149 e. The van der Waals surface area contributed by atoms with Gasteiger partial charge in [-0.15, -0.1) is 0 Å². The molecule has 0 aromatic heterocycles. The van der Waals surface area contributed by atoms with Crippen LogP contribution in [0, 0.1) is 0 Å². The molecule has 0 saturated carbocycles. The maximum absolute atomic E-state index is 7.75. The van der Waals surface area contributed by atoms with Crippen molar-refractivity contribution in [2.45, 2.75) is 0 Å². The Labute approximate surface area is 68.6 Å². The Morgan fingerprint density at radius 1 is 1.20 bits per heavy atom. The van der Waals surface area contributed by atoms with E-state index in [9.17, 15) is 0 Å². The van der Waals surface area contributed by atoms with Gasteiger partial charge in [-0.05, 0) is 11.0 Å². The number of hydrogen-bond donors (Lipinski definition) is 0. The third-order valence-corrected chi connectivity index (χ3v) is 0. The Morgan fingerprint density at radius 3 is 1.20 bits per heavy atom. The fraction of sp³-hybridized carbons (Fsp3) is 0. The molecule has 0 spiro atoms. The SMILES string of the molecule is [B]=O.[BiH3].[SiH4].[Zn]. The summed E-state index contributed by atoms with van der Waals surface area (Å²) in [6.07, 6.45) is 0. The van der Waals surface area contributed by atoms with Crippen LogP contribution in [0.4, 0.5) is 0 Å². The van der Waals surface area contributed by atoms with Crippen molar-refractivity contribution in [3.05, 3.63) is 0 Å². The minimum atomic E-state index is 0. The molecule has 0 aromatic rings. The van der Waals surface area contributed by atoms with Crippen molar-refractivity contribution in [2.75, 3.05) is 0 Å². The summed E-state index contributed by atoms with van der Waals surface area (Å²) in [4.78, 5) is 0. The van der Waals surface area contributed by atoms with Gasteiger partial charge >= 0.3 is 38.6 Å². The molecule has 0 aliphatic heterocycles. The number of rotatable bonds is 0. The topological polar surface area (TPSA) is 17.1 Å². The first-order valence-corrected chi connectivity index (χ1v) is 0.236. The van der Waals surface area contributed by atoms with Gasteiger partial charge in [0.2, 0.25) is 0 Å². The molecule has 0 aliphatic carbocycles. The van der Waals surface area contributed by atoms with Crippen molar-refractivity contribution in [2.24, 2.45) is 0 Å². The van der Waals surface area contributed by atoms with E-state index in [-0.39, 0.29) is 56.6 Å². The summed E-state index contributed by atoms with van der Waals surface area (Å²) in [5.41, 5.74) is 0. The standard InChI is InChI=1S/BO.Bi.H4Si.Zn.3H/c1-2;;;;;;/h;;1H4;;;;. The van der Waals surface area contributed by atoms with Crippen molar-refractivity contribution < 1.29 is 24.2 Å². The molecule has 0 rings (SSSR count). The predicted molar refractivity (Wildman–Crippen MR) is 27.7 cm³/mol. The normalized spacial score (nSPS) is 0.600. The molecule has 0 saturated heterocycles. The minimum absolute atomic E-state index is 0. The van der Waals surface area contributed by atoms with Gasteiger partial charge in [-0.25, -0.2) is 0 Å². The van der Waals surface area contributed by atoms with Crippen molar-refractivity contribution in [1.29, 1.82) is 0 Å². The van der Waals surface area contributed by atoms with E-state index >= 15 is 0 Å². The molecule has 0 amide bonds. The third kappa shape index (κ3) is 28.5. The van der Waals surface area contributed by atoms with E-state index in [0.717, 1.165) is 0 Å². The van der Waals surface area contributed by atoms with Gasteiger partial charge in [-0.1, -0.05) is 0 Å². The quantitative estimate of drug-likeness (QED) is 0.428. The smallest absolute Gasteiger partial charge is 0 e. The largest absolute Gasteiger partial charge is 0.0149 e. The van der Waals surface area contributed by atoms with Crippen LogP contribution in [0.2, 0.25) is 0 Å². The molecular weight excluding hydrogens is 329 g/mol. The van der Waals surface area contributed by atoms with Crippen LogP contribution in [0.25, 0.3) is 0 Å². The van der Waals surface area contributed by atoms with Crippen LogP contribution >= 0.6 is 0 Å². The van der Waals surface area contributed by atoms with Crippen molar-refractivity contribution in [3.63, 3.8) is 0 Å². The second-order valence-electron chi connectivity index (χ2n) is 0. The van der Waals surface area contributed by atoms with Crippen molar-refractivity contribution in [3.8, 4) is 0 Å². The molecule has 1 radical (unpaired) electrons. The molecule has 5 heteroatoms. The van der Waals surface area contributed by atoms with Gasteiger partial charge in [0, 0.05) is 19.5 Å². The average molecular weight is 336 g/mol. The van der Waals surface area contributed by atoms with Gasteiger partial charge in [-0.3, -0.25) is 0 Å². The molecule has 27 valence electrons. The zero-order valence-corrected chi connectivity index (χ0v) is 10.9. The molecule has 5 heavy (non-hydrogen) atoms. The van der Waals surface area contributed by atoms with E-state index in [2.05, 4.69) is 7.72 Å². The van der Waals surface area contributed by atoms with Crippen LogP contribution in [0.3, 0.4) is 0 Å². The van der Waals surface area contributed by atoms with Gasteiger partial charge in [0.15, 0.2) is 0 Å². The Morgan fingerprint density at radius 2 is 1.20 bits per heavy atom. The Bertz CT molecular complexity index is 11.6. The molecule has 0 fully saturated rings. The Kier molecular flexibility index (Phi) is 286. The summed E-state index contributed by atoms with van der Waals surface area (Å²) in [6, 6.07) is 0. The van der Waals surface area contributed by atoms with Crippen LogP contribution in [-0.4, -0.2) is 44.9 Å². The summed E-state index contributed by atoms with van der Waals surface area (Å²) in [5.74, 6) is 0. The van der Waals surface area contributed by atoms with Crippen LogP contribution in [0.5, 0.6) is 0 Å². The fourth-order valence-corrected chi connectivity index (χ4v) is 0. The van der Waals surface area contributed by atoms with E-state index in [1.807, 2.05) is 0 Å². The van der Waals surface area contributed by atoms with E-state index in [4.69, 9.17) is 4.70 Å². The average Bonchev–Trinajstić information content (AvgIpc) is 1.00. The van der Waals surface area contributed by atoms with E-state index in [1.165, 1.54) is 0 Å². The first kappa shape index (κ1) is 30.7. The molecule has 0 aliphatic rings. The molecular formula is H7BBiOSiZn. The number of hydrogen-bond acceptors (Lipinski definition) is 1. The maximum atomic E-state index is 7.75. The van der Waals surface area contributed by atoms with Crippen molar-refractivity contribution >= 4 is 44.9 Å². The van der Waals surface area contributed by atoms with Crippen molar-refractivity contribution in [1.82, 2.24) is 0 Å². The van der Waals surface area contributed by atoms with E-state index in [1.54, 1.807) is 0 Å². The van der Waals surface area contributed by atoms with Crippen LogP contribution in [0.15, 0.2) is 0 Å². The summed E-state index contributed by atoms with van der Waals surface area (Å²) in [5, 5.41) is 0. The van der Waals surface area contributed by atoms with E-state index < -0.39 is 0 Å². The molecule has 0 bridgehead atoms. The van der Waals surface area contributed by atoms with Crippen LogP contribution in [0.1, 0.15) is 0 Å². The molecule has 0 unspecified atom stereocenters. The van der Waals surface area contributed by atoms with Crippen LogP contribution in [-0.2, 0) is 24.2 Å². The second-order valence-corrected chi connectivity index (χ2v) is 0. The maximum Gasteiger partial charge on any atom is 0 e. The van der Waals surface area contributed by atoms with Gasteiger partial charge in [-0.2, -0.15) is 0 Å². The van der Waals surface area contributed by atoms with Gasteiger partial charge in [0.05, 0.1) is 0 Å². The predicted octanol–water partition coefficient (Wildman–Crippen LogP) is -3.14. The third-order valence-electron chi connectivity index (χ3n) is 0. The Hall–Kier alpha value is 1.59. The monoisotopic (exact) mass is 335 g/mol. The molecule has 0 atom stereocenters. The Balaban J connectivity index is -0.00000000167. The molecule has 0 aromatic carbocycles.